The van der Waals surface area contributed by atoms with Crippen LogP contribution in [0.1, 0.15) is 23.7 Å². The summed E-state index contributed by atoms with van der Waals surface area (Å²) >= 11 is 0. The molecule has 0 aliphatic carbocycles. The van der Waals surface area contributed by atoms with E-state index in [1.807, 2.05) is 18.2 Å². The summed E-state index contributed by atoms with van der Waals surface area (Å²) in [5.41, 5.74) is 1.52. The Morgan fingerprint density at radius 2 is 2.06 bits per heavy atom. The molecule has 0 radical (unpaired) electrons. The van der Waals surface area contributed by atoms with E-state index >= 15 is 0 Å². The molecule has 88 valence electrons. The van der Waals surface area contributed by atoms with Gasteiger partial charge in [0.2, 0.25) is 5.91 Å². The van der Waals surface area contributed by atoms with Crippen molar-refractivity contribution in [2.24, 2.45) is 5.92 Å². The summed E-state index contributed by atoms with van der Waals surface area (Å²) in [6, 6.07) is 7.15. The first-order chi connectivity index (χ1) is 8.11. The highest BCUT2D eigenvalue weighted by Gasteiger charge is 2.28. The van der Waals surface area contributed by atoms with Gasteiger partial charge in [-0.15, -0.1) is 6.58 Å². The van der Waals surface area contributed by atoms with Crippen molar-refractivity contribution >= 4 is 17.4 Å². The minimum absolute atomic E-state index is 0.0354. The van der Waals surface area contributed by atoms with E-state index in [9.17, 15) is 9.59 Å². The Kier molecular flexibility index (Phi) is 3.09. The van der Waals surface area contributed by atoms with E-state index < -0.39 is 0 Å². The lowest BCUT2D eigenvalue weighted by atomic mass is 10.1. The molecule has 1 aliphatic rings. The Morgan fingerprint density at radius 3 is 2.53 bits per heavy atom. The minimum atomic E-state index is 0.0354. The number of benzene rings is 1. The first kappa shape index (κ1) is 11.6. The van der Waals surface area contributed by atoms with Crippen LogP contribution in [0.5, 0.6) is 0 Å². The topological polar surface area (TPSA) is 37.4 Å². The highest BCUT2D eigenvalue weighted by molar-refractivity contribution is 5.97. The van der Waals surface area contributed by atoms with Crippen LogP contribution in [0.3, 0.4) is 0 Å². The van der Waals surface area contributed by atoms with E-state index in [2.05, 4.69) is 6.58 Å². The number of amides is 1. The molecular weight excluding hydrogens is 214 g/mol. The van der Waals surface area contributed by atoms with Gasteiger partial charge in [0.1, 0.15) is 0 Å². The van der Waals surface area contributed by atoms with Crippen LogP contribution in [0.2, 0.25) is 0 Å². The lowest BCUT2D eigenvalue weighted by Gasteiger charge is -2.16. The molecule has 1 aromatic carbocycles. The Labute approximate surface area is 101 Å². The standard InChI is InChI=1S/C14H15NO2/c1-3-11-8-14(17)15(9-11)13-6-4-12(5-7-13)10(2)16/h3-7,11H,1,8-9H2,2H3. The average molecular weight is 229 g/mol. The van der Waals surface area contributed by atoms with E-state index in [1.54, 1.807) is 17.0 Å². The second kappa shape index (κ2) is 4.53. The number of carbonyl (C=O) groups excluding carboxylic acids is 2. The van der Waals surface area contributed by atoms with Crippen LogP contribution >= 0.6 is 0 Å². The van der Waals surface area contributed by atoms with Crippen molar-refractivity contribution < 1.29 is 9.59 Å². The Morgan fingerprint density at radius 1 is 1.41 bits per heavy atom. The third kappa shape index (κ3) is 2.28. The fourth-order valence-corrected chi connectivity index (χ4v) is 2.02. The van der Waals surface area contributed by atoms with E-state index in [4.69, 9.17) is 0 Å². The number of Topliss-reactive ketones (excluding diaryl/α,β-unsaturated/α-hetero) is 1. The number of rotatable bonds is 3. The van der Waals surface area contributed by atoms with Gasteiger partial charge in [-0.1, -0.05) is 6.08 Å². The minimum Gasteiger partial charge on any atom is -0.312 e. The zero-order valence-corrected chi connectivity index (χ0v) is 9.85. The highest BCUT2D eigenvalue weighted by atomic mass is 16.2. The van der Waals surface area contributed by atoms with Crippen LogP contribution in [-0.4, -0.2) is 18.2 Å². The number of anilines is 1. The highest BCUT2D eigenvalue weighted by Crippen LogP contribution is 2.25. The first-order valence-electron chi connectivity index (χ1n) is 5.65. The molecule has 1 heterocycles. The molecule has 3 nitrogen and oxygen atoms in total. The molecule has 17 heavy (non-hydrogen) atoms. The van der Waals surface area contributed by atoms with Crippen LogP contribution in [0.15, 0.2) is 36.9 Å². The number of ketones is 1. The fraction of sp³-hybridized carbons (Fsp3) is 0.286. The molecule has 2 rings (SSSR count). The molecule has 1 aliphatic heterocycles. The smallest absolute Gasteiger partial charge is 0.227 e. The van der Waals surface area contributed by atoms with Crippen LogP contribution in [0.4, 0.5) is 5.69 Å². The van der Waals surface area contributed by atoms with Crippen LogP contribution in [0.25, 0.3) is 0 Å². The molecule has 0 spiro atoms. The van der Waals surface area contributed by atoms with Crippen molar-refractivity contribution in [1.82, 2.24) is 0 Å². The van der Waals surface area contributed by atoms with Crippen molar-refractivity contribution in [2.75, 3.05) is 11.4 Å². The predicted molar refractivity (Wildman–Crippen MR) is 67.1 cm³/mol. The van der Waals surface area contributed by atoms with Gasteiger partial charge in [-0.05, 0) is 31.2 Å². The van der Waals surface area contributed by atoms with Crippen molar-refractivity contribution in [2.45, 2.75) is 13.3 Å². The maximum Gasteiger partial charge on any atom is 0.227 e. The molecule has 0 aromatic heterocycles. The third-order valence-corrected chi connectivity index (χ3v) is 3.07. The molecule has 1 fully saturated rings. The Bertz CT molecular complexity index is 462. The molecule has 1 amide bonds. The first-order valence-corrected chi connectivity index (χ1v) is 5.65. The summed E-state index contributed by atoms with van der Waals surface area (Å²) < 4.78 is 0. The maximum absolute atomic E-state index is 11.8. The van der Waals surface area contributed by atoms with Gasteiger partial charge in [0.05, 0.1) is 0 Å². The van der Waals surface area contributed by atoms with E-state index in [0.717, 1.165) is 5.69 Å². The summed E-state index contributed by atoms with van der Waals surface area (Å²) in [5, 5.41) is 0. The fourth-order valence-electron chi connectivity index (χ4n) is 2.02. The van der Waals surface area contributed by atoms with Gasteiger partial charge < -0.3 is 4.90 Å². The largest absolute Gasteiger partial charge is 0.312 e. The molecule has 0 N–H and O–H groups in total. The number of hydrogen-bond donors (Lipinski definition) is 0. The molecule has 1 saturated heterocycles. The number of carbonyl (C=O) groups is 2. The molecule has 1 atom stereocenters. The Balaban J connectivity index is 2.20. The van der Waals surface area contributed by atoms with Crippen molar-refractivity contribution in [1.29, 1.82) is 0 Å². The maximum atomic E-state index is 11.8. The predicted octanol–water partition coefficient (Wildman–Crippen LogP) is 2.43. The summed E-state index contributed by atoms with van der Waals surface area (Å²) in [6.07, 6.45) is 2.35. The van der Waals surface area contributed by atoms with Gasteiger partial charge in [0.15, 0.2) is 5.78 Å². The van der Waals surface area contributed by atoms with Crippen molar-refractivity contribution in [3.8, 4) is 0 Å². The second-order valence-electron chi connectivity index (χ2n) is 4.31. The van der Waals surface area contributed by atoms with Crippen LogP contribution in [0, 0.1) is 5.92 Å². The van der Waals surface area contributed by atoms with Gasteiger partial charge in [-0.3, -0.25) is 9.59 Å². The SMILES string of the molecule is C=CC1CC(=O)N(c2ccc(C(C)=O)cc2)C1. The van der Waals surface area contributed by atoms with Gasteiger partial charge >= 0.3 is 0 Å². The summed E-state index contributed by atoms with van der Waals surface area (Å²) in [4.78, 5) is 24.7. The van der Waals surface area contributed by atoms with Crippen molar-refractivity contribution in [3.05, 3.63) is 42.5 Å². The zero-order valence-electron chi connectivity index (χ0n) is 9.85. The summed E-state index contributed by atoms with van der Waals surface area (Å²) in [7, 11) is 0. The molecule has 0 bridgehead atoms. The summed E-state index contributed by atoms with van der Waals surface area (Å²) in [6.45, 7) is 5.93. The molecular formula is C14H15NO2. The van der Waals surface area contributed by atoms with Gasteiger partial charge in [-0.2, -0.15) is 0 Å². The third-order valence-electron chi connectivity index (χ3n) is 3.07. The van der Waals surface area contributed by atoms with E-state index in [1.165, 1.54) is 6.92 Å². The summed E-state index contributed by atoms with van der Waals surface area (Å²) in [5.74, 6) is 0.383. The molecule has 1 unspecified atom stereocenters. The van der Waals surface area contributed by atoms with Gasteiger partial charge in [0, 0.05) is 30.1 Å². The van der Waals surface area contributed by atoms with Crippen LogP contribution < -0.4 is 4.90 Å². The van der Waals surface area contributed by atoms with E-state index in [0.29, 0.717) is 18.5 Å². The van der Waals surface area contributed by atoms with Gasteiger partial charge in [0.25, 0.3) is 0 Å². The average Bonchev–Trinajstić information content (AvgIpc) is 2.71. The quantitative estimate of drug-likeness (QED) is 0.589. The molecule has 0 saturated carbocycles. The van der Waals surface area contributed by atoms with Crippen molar-refractivity contribution in [3.63, 3.8) is 0 Å². The van der Waals surface area contributed by atoms with E-state index in [-0.39, 0.29) is 17.6 Å². The zero-order chi connectivity index (χ0) is 12.4. The normalized spacial score (nSPS) is 19.5. The number of nitrogens with zero attached hydrogens (tertiary/aromatic N) is 1. The van der Waals surface area contributed by atoms with Crippen LogP contribution in [-0.2, 0) is 4.79 Å². The second-order valence-corrected chi connectivity index (χ2v) is 4.31. The molecule has 1 aromatic rings. The Hall–Kier alpha value is -1.90. The molecule has 3 heteroatoms. The monoisotopic (exact) mass is 229 g/mol. The lowest BCUT2D eigenvalue weighted by Crippen LogP contribution is -2.24. The lowest BCUT2D eigenvalue weighted by molar-refractivity contribution is -0.117. The van der Waals surface area contributed by atoms with Gasteiger partial charge in [-0.25, -0.2) is 0 Å². The number of hydrogen-bond acceptors (Lipinski definition) is 2.